The maximum atomic E-state index is 12.8. The number of ether oxygens (including phenoxy) is 2. The molecule has 1 aliphatic carbocycles. The molecule has 0 saturated carbocycles. The molecule has 29 heavy (non-hydrogen) atoms. The van der Waals surface area contributed by atoms with Crippen molar-refractivity contribution in [1.82, 2.24) is 4.90 Å². The van der Waals surface area contributed by atoms with Gasteiger partial charge in [-0.1, -0.05) is 41.9 Å². The third-order valence-corrected chi connectivity index (χ3v) is 7.08. The van der Waals surface area contributed by atoms with Gasteiger partial charge in [-0.2, -0.15) is 4.99 Å². The zero-order valence-corrected chi connectivity index (χ0v) is 16.7. The van der Waals surface area contributed by atoms with E-state index < -0.39 is 5.60 Å². The summed E-state index contributed by atoms with van der Waals surface area (Å²) in [6.07, 6.45) is 2.81. The van der Waals surface area contributed by atoms with Crippen molar-refractivity contribution >= 4 is 23.5 Å². The van der Waals surface area contributed by atoms with Crippen LogP contribution >= 0.6 is 11.6 Å². The van der Waals surface area contributed by atoms with E-state index >= 15 is 0 Å². The van der Waals surface area contributed by atoms with Crippen LogP contribution in [0.15, 0.2) is 47.5 Å². The van der Waals surface area contributed by atoms with Gasteiger partial charge in [0.1, 0.15) is 0 Å². The van der Waals surface area contributed by atoms with Crippen molar-refractivity contribution in [3.63, 3.8) is 0 Å². The van der Waals surface area contributed by atoms with Crippen LogP contribution in [0.4, 0.5) is 0 Å². The Hall–Kier alpha value is -2.37. The molecule has 6 heteroatoms. The largest absolute Gasteiger partial charge is 0.447 e. The molecule has 2 aromatic rings. The molecule has 5 nitrogen and oxygen atoms in total. The van der Waals surface area contributed by atoms with E-state index in [-0.39, 0.29) is 11.5 Å². The van der Waals surface area contributed by atoms with Crippen molar-refractivity contribution in [3.8, 4) is 0 Å². The summed E-state index contributed by atoms with van der Waals surface area (Å²) in [5, 5.41) is 0.686. The van der Waals surface area contributed by atoms with Gasteiger partial charge in [-0.05, 0) is 47.2 Å². The highest BCUT2D eigenvalue weighted by Crippen LogP contribution is 2.45. The lowest BCUT2D eigenvalue weighted by Crippen LogP contribution is -2.47. The number of halogens is 1. The highest BCUT2D eigenvalue weighted by molar-refractivity contribution is 6.30. The molecule has 1 unspecified atom stereocenters. The molecule has 1 atom stereocenters. The molecule has 3 heterocycles. The number of piperidine rings is 1. The number of likely N-dealkylation sites (tertiary alicyclic amines) is 1. The summed E-state index contributed by atoms with van der Waals surface area (Å²) in [6, 6.07) is 14.7. The topological polar surface area (TPSA) is 51.1 Å². The average Bonchev–Trinajstić information content (AvgIpc) is 3.37. The maximum Gasteiger partial charge on any atom is 0.296 e. The van der Waals surface area contributed by atoms with Crippen molar-refractivity contribution in [3.05, 3.63) is 69.7 Å². The summed E-state index contributed by atoms with van der Waals surface area (Å²) in [5.41, 5.74) is 3.68. The summed E-state index contributed by atoms with van der Waals surface area (Å²) >= 11 is 6.13. The van der Waals surface area contributed by atoms with E-state index in [0.717, 1.165) is 37.1 Å². The smallest absolute Gasteiger partial charge is 0.296 e. The van der Waals surface area contributed by atoms with Crippen LogP contribution in [0.2, 0.25) is 5.02 Å². The first-order valence-electron chi connectivity index (χ1n) is 10.1. The zero-order valence-electron chi connectivity index (χ0n) is 16.0. The van der Waals surface area contributed by atoms with Crippen LogP contribution in [0.1, 0.15) is 35.1 Å². The van der Waals surface area contributed by atoms with Crippen molar-refractivity contribution in [1.29, 1.82) is 0 Å². The molecule has 148 valence electrons. The van der Waals surface area contributed by atoms with Crippen LogP contribution in [0.5, 0.6) is 0 Å². The molecular weight excluding hydrogens is 388 g/mol. The second-order valence-corrected chi connectivity index (χ2v) is 8.93. The van der Waals surface area contributed by atoms with Gasteiger partial charge in [0.25, 0.3) is 11.9 Å². The third-order valence-electron chi connectivity index (χ3n) is 6.85. The number of hydrogen-bond acceptors (Lipinski definition) is 4. The number of rotatable bonds is 0. The van der Waals surface area contributed by atoms with E-state index in [2.05, 4.69) is 34.2 Å². The monoisotopic (exact) mass is 408 g/mol. The van der Waals surface area contributed by atoms with Crippen LogP contribution in [-0.2, 0) is 39.3 Å². The predicted octanol–water partition coefficient (Wildman–Crippen LogP) is 3.61. The Labute approximate surface area is 174 Å². The normalized spacial score (nSPS) is 26.6. The third kappa shape index (κ3) is 2.57. The second-order valence-electron chi connectivity index (χ2n) is 8.49. The van der Waals surface area contributed by atoms with Gasteiger partial charge in [-0.15, -0.1) is 0 Å². The van der Waals surface area contributed by atoms with Gasteiger partial charge in [0, 0.05) is 31.0 Å². The fourth-order valence-corrected chi connectivity index (χ4v) is 5.45. The SMILES string of the molecule is O=C1N=C(N2CCC3(CC2)OCc2ccccc23)OC12Cc1ccc(Cl)cc1C2. The molecule has 0 N–H and O–H groups in total. The molecule has 1 saturated heterocycles. The van der Waals surface area contributed by atoms with Crippen LogP contribution in [0.25, 0.3) is 0 Å². The molecule has 2 spiro atoms. The number of fused-ring (bicyclic) bond motifs is 3. The Bertz CT molecular complexity index is 1060. The number of benzene rings is 2. The van der Waals surface area contributed by atoms with E-state index in [1.165, 1.54) is 11.1 Å². The van der Waals surface area contributed by atoms with E-state index in [4.69, 9.17) is 21.1 Å². The van der Waals surface area contributed by atoms with Crippen LogP contribution in [0.3, 0.4) is 0 Å². The minimum absolute atomic E-state index is 0.178. The lowest BCUT2D eigenvalue weighted by Gasteiger charge is -2.39. The molecule has 2 aromatic carbocycles. The number of carbonyl (C=O) groups excluding carboxylic acids is 1. The van der Waals surface area contributed by atoms with Crippen molar-refractivity contribution in [2.24, 2.45) is 4.99 Å². The van der Waals surface area contributed by atoms with Crippen molar-refractivity contribution < 1.29 is 14.3 Å². The molecule has 6 rings (SSSR count). The molecule has 1 amide bonds. The Morgan fingerprint density at radius 3 is 2.62 bits per heavy atom. The summed E-state index contributed by atoms with van der Waals surface area (Å²) in [5.74, 6) is -0.178. The maximum absolute atomic E-state index is 12.8. The Balaban J connectivity index is 1.19. The number of aliphatic imine (C=N–C) groups is 1. The van der Waals surface area contributed by atoms with Crippen LogP contribution in [0, 0.1) is 0 Å². The number of nitrogens with zero attached hydrogens (tertiary/aromatic N) is 2. The Morgan fingerprint density at radius 1 is 0.966 bits per heavy atom. The summed E-state index contributed by atoms with van der Waals surface area (Å²) in [4.78, 5) is 19.2. The van der Waals surface area contributed by atoms with E-state index in [0.29, 0.717) is 30.5 Å². The second kappa shape index (κ2) is 6.07. The number of carbonyl (C=O) groups is 1. The van der Waals surface area contributed by atoms with Crippen molar-refractivity contribution in [2.45, 2.75) is 43.5 Å². The van der Waals surface area contributed by atoms with Gasteiger partial charge >= 0.3 is 0 Å². The summed E-state index contributed by atoms with van der Waals surface area (Å²) in [7, 11) is 0. The average molecular weight is 409 g/mol. The van der Waals surface area contributed by atoms with Crippen LogP contribution in [-0.4, -0.2) is 35.5 Å². The number of hydrogen-bond donors (Lipinski definition) is 0. The number of amides is 1. The first-order valence-corrected chi connectivity index (χ1v) is 10.5. The first-order chi connectivity index (χ1) is 14.1. The van der Waals surface area contributed by atoms with Gasteiger partial charge in [-0.3, -0.25) is 4.79 Å². The first kappa shape index (κ1) is 17.5. The van der Waals surface area contributed by atoms with Gasteiger partial charge in [-0.25, -0.2) is 0 Å². The standard InChI is InChI=1S/C23H21ClN2O3/c24-18-6-5-15-12-23(13-17(15)11-18)20(27)25-21(29-23)26-9-7-22(8-10-26)19-4-2-1-3-16(19)14-28-22/h1-6,11H,7-10,12-14H2. The van der Waals surface area contributed by atoms with Gasteiger partial charge in [0.05, 0.1) is 12.2 Å². The minimum atomic E-state index is -0.895. The van der Waals surface area contributed by atoms with Gasteiger partial charge < -0.3 is 14.4 Å². The predicted molar refractivity (Wildman–Crippen MR) is 109 cm³/mol. The van der Waals surface area contributed by atoms with Crippen molar-refractivity contribution in [2.75, 3.05) is 13.1 Å². The Kier molecular flexibility index (Phi) is 3.66. The van der Waals surface area contributed by atoms with E-state index in [9.17, 15) is 4.79 Å². The highest BCUT2D eigenvalue weighted by Gasteiger charge is 2.53. The summed E-state index contributed by atoms with van der Waals surface area (Å²) in [6.45, 7) is 2.20. The quantitative estimate of drug-likeness (QED) is 0.668. The fraction of sp³-hybridized carbons (Fsp3) is 0.391. The molecule has 0 aromatic heterocycles. The van der Waals surface area contributed by atoms with Gasteiger partial charge in [0.15, 0.2) is 0 Å². The van der Waals surface area contributed by atoms with Gasteiger partial charge in [0.2, 0.25) is 5.60 Å². The number of amidine groups is 1. The van der Waals surface area contributed by atoms with Crippen LogP contribution < -0.4 is 0 Å². The van der Waals surface area contributed by atoms with E-state index in [1.807, 2.05) is 18.2 Å². The summed E-state index contributed by atoms with van der Waals surface area (Å²) < 4.78 is 12.5. The minimum Gasteiger partial charge on any atom is -0.447 e. The Morgan fingerprint density at radius 2 is 1.76 bits per heavy atom. The fourth-order valence-electron chi connectivity index (χ4n) is 5.26. The van der Waals surface area contributed by atoms with E-state index in [1.54, 1.807) is 0 Å². The molecule has 0 radical (unpaired) electrons. The molecule has 4 aliphatic rings. The molecule has 0 bridgehead atoms. The molecule has 1 fully saturated rings. The molecular formula is C23H21ClN2O3. The lowest BCUT2D eigenvalue weighted by molar-refractivity contribution is -0.130. The molecule has 3 aliphatic heterocycles. The highest BCUT2D eigenvalue weighted by atomic mass is 35.5. The lowest BCUT2D eigenvalue weighted by atomic mass is 9.84. The zero-order chi connectivity index (χ0) is 19.6.